The SMILES string of the molecule is O=c1c(F)c[nH]c2[nH]c(I)cc12. The monoisotopic (exact) mass is 278 g/mol. The molecular weight excluding hydrogens is 274 g/mol. The lowest BCUT2D eigenvalue weighted by molar-refractivity contribution is 0.614. The topological polar surface area (TPSA) is 48.6 Å². The van der Waals surface area contributed by atoms with Gasteiger partial charge in [-0.25, -0.2) is 4.39 Å². The van der Waals surface area contributed by atoms with E-state index in [1.165, 1.54) is 0 Å². The van der Waals surface area contributed by atoms with Crippen molar-refractivity contribution in [2.45, 2.75) is 0 Å². The lowest BCUT2D eigenvalue weighted by atomic mass is 10.3. The van der Waals surface area contributed by atoms with Gasteiger partial charge in [-0.3, -0.25) is 4.79 Å². The number of halogens is 2. The molecule has 0 aliphatic heterocycles. The van der Waals surface area contributed by atoms with Gasteiger partial charge < -0.3 is 9.97 Å². The van der Waals surface area contributed by atoms with E-state index in [1.807, 2.05) is 22.6 Å². The quantitative estimate of drug-likeness (QED) is 0.706. The van der Waals surface area contributed by atoms with Crippen LogP contribution >= 0.6 is 22.6 Å². The van der Waals surface area contributed by atoms with Crippen molar-refractivity contribution >= 4 is 33.6 Å². The Kier molecular flexibility index (Phi) is 1.67. The Morgan fingerprint density at radius 3 is 3.00 bits per heavy atom. The van der Waals surface area contributed by atoms with E-state index < -0.39 is 11.2 Å². The van der Waals surface area contributed by atoms with Gasteiger partial charge in [-0.2, -0.15) is 0 Å². The number of pyridine rings is 1. The van der Waals surface area contributed by atoms with Gasteiger partial charge in [0.05, 0.1) is 9.09 Å². The fourth-order valence-corrected chi connectivity index (χ4v) is 1.63. The summed E-state index contributed by atoms with van der Waals surface area (Å²) in [5.74, 6) is -0.752. The summed E-state index contributed by atoms with van der Waals surface area (Å²) < 4.78 is 13.5. The maximum Gasteiger partial charge on any atom is 0.226 e. The molecule has 0 fully saturated rings. The Balaban J connectivity index is 2.99. The lowest BCUT2D eigenvalue weighted by Gasteiger charge is -1.88. The zero-order chi connectivity index (χ0) is 8.72. The minimum absolute atomic E-state index is 0.361. The van der Waals surface area contributed by atoms with E-state index in [9.17, 15) is 9.18 Å². The number of aromatic amines is 2. The van der Waals surface area contributed by atoms with Crippen LogP contribution in [-0.2, 0) is 0 Å². The van der Waals surface area contributed by atoms with E-state index >= 15 is 0 Å². The second kappa shape index (κ2) is 2.58. The summed E-state index contributed by atoms with van der Waals surface area (Å²) >= 11 is 2.02. The highest BCUT2D eigenvalue weighted by Gasteiger charge is 2.05. The molecule has 0 aromatic carbocycles. The van der Waals surface area contributed by atoms with Crippen LogP contribution < -0.4 is 5.43 Å². The maximum atomic E-state index is 12.7. The predicted octanol–water partition coefficient (Wildman–Crippen LogP) is 1.60. The molecule has 0 unspecified atom stereocenters. The largest absolute Gasteiger partial charge is 0.345 e. The van der Waals surface area contributed by atoms with Crippen LogP contribution in [0.2, 0.25) is 0 Å². The Morgan fingerprint density at radius 2 is 2.25 bits per heavy atom. The van der Waals surface area contributed by atoms with Gasteiger partial charge in [0.15, 0.2) is 5.82 Å². The van der Waals surface area contributed by atoms with E-state index in [2.05, 4.69) is 9.97 Å². The van der Waals surface area contributed by atoms with Crippen molar-refractivity contribution in [2.24, 2.45) is 0 Å². The maximum absolute atomic E-state index is 12.7. The predicted molar refractivity (Wildman–Crippen MR) is 51.6 cm³/mol. The molecule has 2 aromatic rings. The average Bonchev–Trinajstić information content (AvgIpc) is 2.39. The molecule has 2 N–H and O–H groups in total. The highest BCUT2D eigenvalue weighted by atomic mass is 127. The van der Waals surface area contributed by atoms with Crippen LogP contribution in [0.3, 0.4) is 0 Å². The molecule has 2 aromatic heterocycles. The van der Waals surface area contributed by atoms with E-state index in [-0.39, 0.29) is 0 Å². The smallest absolute Gasteiger partial charge is 0.226 e. The van der Waals surface area contributed by atoms with Crippen molar-refractivity contribution in [2.75, 3.05) is 0 Å². The van der Waals surface area contributed by atoms with E-state index in [4.69, 9.17) is 0 Å². The normalized spacial score (nSPS) is 10.8. The standard InChI is InChI=1S/C7H4FIN2O/c8-4-2-10-7-3(6(4)12)1-5(9)11-7/h1-2H,(H2,10,11,12). The summed E-state index contributed by atoms with van der Waals surface area (Å²) in [7, 11) is 0. The molecule has 0 aliphatic carbocycles. The van der Waals surface area contributed by atoms with Crippen molar-refractivity contribution in [1.29, 1.82) is 0 Å². The molecule has 62 valence electrons. The van der Waals surface area contributed by atoms with Crippen molar-refractivity contribution in [3.63, 3.8) is 0 Å². The van der Waals surface area contributed by atoms with Gasteiger partial charge >= 0.3 is 0 Å². The van der Waals surface area contributed by atoms with Gasteiger partial charge in [0, 0.05) is 6.20 Å². The minimum atomic E-state index is -0.752. The fourth-order valence-electron chi connectivity index (χ4n) is 1.04. The van der Waals surface area contributed by atoms with Gasteiger partial charge in [0.1, 0.15) is 5.65 Å². The highest BCUT2D eigenvalue weighted by Crippen LogP contribution is 2.10. The van der Waals surface area contributed by atoms with Crippen LogP contribution in [0.5, 0.6) is 0 Å². The van der Waals surface area contributed by atoms with Crippen LogP contribution in [0.1, 0.15) is 0 Å². The lowest BCUT2D eigenvalue weighted by Crippen LogP contribution is -2.05. The second-order valence-corrected chi connectivity index (χ2v) is 3.53. The van der Waals surface area contributed by atoms with Crippen LogP contribution in [0.25, 0.3) is 11.0 Å². The molecule has 0 aliphatic rings. The van der Waals surface area contributed by atoms with Crippen molar-refractivity contribution < 1.29 is 4.39 Å². The van der Waals surface area contributed by atoms with Gasteiger partial charge in [0.25, 0.3) is 0 Å². The molecule has 0 radical (unpaired) electrons. The molecule has 5 heteroatoms. The first-order valence-electron chi connectivity index (χ1n) is 3.24. The molecular formula is C7H4FIN2O. The Bertz CT molecular complexity index is 488. The first kappa shape index (κ1) is 7.78. The number of hydrogen-bond acceptors (Lipinski definition) is 1. The van der Waals surface area contributed by atoms with Crippen LogP contribution in [0, 0.1) is 9.52 Å². The third kappa shape index (κ3) is 1.04. The zero-order valence-electron chi connectivity index (χ0n) is 5.82. The zero-order valence-corrected chi connectivity index (χ0v) is 7.98. The van der Waals surface area contributed by atoms with Crippen molar-refractivity contribution in [3.8, 4) is 0 Å². The summed E-state index contributed by atoms with van der Waals surface area (Å²) in [5, 5.41) is 0.361. The third-order valence-corrected chi connectivity index (χ3v) is 2.17. The number of H-pyrrole nitrogens is 2. The summed E-state index contributed by atoms with van der Waals surface area (Å²) in [4.78, 5) is 16.7. The third-order valence-electron chi connectivity index (χ3n) is 1.59. The second-order valence-electron chi connectivity index (χ2n) is 2.37. The number of nitrogens with one attached hydrogen (secondary N) is 2. The van der Waals surface area contributed by atoms with E-state index in [0.717, 1.165) is 9.90 Å². The van der Waals surface area contributed by atoms with Crippen molar-refractivity contribution in [1.82, 2.24) is 9.97 Å². The average molecular weight is 278 g/mol. The van der Waals surface area contributed by atoms with E-state index in [0.29, 0.717) is 11.0 Å². The number of fused-ring (bicyclic) bond motifs is 1. The molecule has 0 saturated heterocycles. The molecule has 2 rings (SSSR count). The Labute approximate surface area is 80.1 Å². The number of aromatic nitrogens is 2. The molecule has 0 bridgehead atoms. The Hall–Kier alpha value is -0.850. The van der Waals surface area contributed by atoms with E-state index in [1.54, 1.807) is 6.07 Å². The highest BCUT2D eigenvalue weighted by molar-refractivity contribution is 14.1. The van der Waals surface area contributed by atoms with Crippen LogP contribution in [0.15, 0.2) is 17.1 Å². The van der Waals surface area contributed by atoms with Crippen LogP contribution in [-0.4, -0.2) is 9.97 Å². The first-order chi connectivity index (χ1) is 5.68. The first-order valence-corrected chi connectivity index (χ1v) is 4.32. The number of rotatable bonds is 0. The molecule has 3 nitrogen and oxygen atoms in total. The molecule has 12 heavy (non-hydrogen) atoms. The minimum Gasteiger partial charge on any atom is -0.345 e. The molecule has 0 atom stereocenters. The number of hydrogen-bond donors (Lipinski definition) is 2. The summed E-state index contributed by atoms with van der Waals surface area (Å²) in [6.45, 7) is 0. The summed E-state index contributed by atoms with van der Waals surface area (Å²) in [6, 6.07) is 1.61. The fraction of sp³-hybridized carbons (Fsp3) is 0. The van der Waals surface area contributed by atoms with Crippen molar-refractivity contribution in [3.05, 3.63) is 32.0 Å². The molecule has 0 amide bonds. The molecule has 0 saturated carbocycles. The van der Waals surface area contributed by atoms with Gasteiger partial charge in [0.2, 0.25) is 5.43 Å². The summed E-state index contributed by atoms with van der Waals surface area (Å²) in [6.07, 6.45) is 1.05. The van der Waals surface area contributed by atoms with Gasteiger partial charge in [-0.15, -0.1) is 0 Å². The van der Waals surface area contributed by atoms with Crippen LogP contribution in [0.4, 0.5) is 4.39 Å². The van der Waals surface area contributed by atoms with Gasteiger partial charge in [-0.05, 0) is 28.7 Å². The van der Waals surface area contributed by atoms with Gasteiger partial charge in [-0.1, -0.05) is 0 Å². The summed E-state index contributed by atoms with van der Waals surface area (Å²) in [5.41, 5.74) is -0.00582. The molecule has 0 spiro atoms. The Morgan fingerprint density at radius 1 is 1.50 bits per heavy atom. The molecule has 2 heterocycles.